The van der Waals surface area contributed by atoms with Crippen LogP contribution in [0.3, 0.4) is 0 Å². The van der Waals surface area contributed by atoms with Gasteiger partial charge < -0.3 is 21.3 Å². The molecule has 3 rings (SSSR count). The summed E-state index contributed by atoms with van der Waals surface area (Å²) in [4.78, 5) is 26.4. The van der Waals surface area contributed by atoms with E-state index in [0.29, 0.717) is 19.0 Å². The summed E-state index contributed by atoms with van der Waals surface area (Å²) in [6.45, 7) is 2.70. The van der Waals surface area contributed by atoms with E-state index in [1.54, 1.807) is 0 Å². The third kappa shape index (κ3) is 4.51. The van der Waals surface area contributed by atoms with E-state index in [-0.39, 0.29) is 17.9 Å². The Morgan fingerprint density at radius 1 is 1.16 bits per heavy atom. The number of urea groups is 1. The van der Waals surface area contributed by atoms with Crippen molar-refractivity contribution in [3.63, 3.8) is 0 Å². The fourth-order valence-corrected chi connectivity index (χ4v) is 3.87. The van der Waals surface area contributed by atoms with E-state index in [1.165, 1.54) is 0 Å². The largest absolute Gasteiger partial charge is 0.352 e. The number of anilines is 1. The third-order valence-corrected chi connectivity index (χ3v) is 5.34. The average Bonchev–Trinajstić information content (AvgIpc) is 3.31. The zero-order chi connectivity index (χ0) is 17.6. The van der Waals surface area contributed by atoms with Crippen LogP contribution in [-0.4, -0.2) is 36.5 Å². The van der Waals surface area contributed by atoms with Gasteiger partial charge >= 0.3 is 6.03 Å². The van der Waals surface area contributed by atoms with Crippen LogP contribution in [0.25, 0.3) is 0 Å². The number of nitrogens with two attached hydrogens (primary N) is 1. The van der Waals surface area contributed by atoms with Gasteiger partial charge in [-0.05, 0) is 55.8 Å². The molecule has 2 fully saturated rings. The lowest BCUT2D eigenvalue weighted by molar-refractivity contribution is -0.126. The number of nitrogens with zero attached hydrogens (tertiary/aromatic N) is 1. The van der Waals surface area contributed by atoms with Gasteiger partial charge in [-0.25, -0.2) is 4.79 Å². The first-order valence-electron chi connectivity index (χ1n) is 9.30. The molecular formula is C19H28N4O2. The van der Waals surface area contributed by atoms with Gasteiger partial charge in [0.1, 0.15) is 0 Å². The van der Waals surface area contributed by atoms with E-state index < -0.39 is 0 Å². The lowest BCUT2D eigenvalue weighted by Gasteiger charge is -2.18. The molecule has 0 bridgehead atoms. The van der Waals surface area contributed by atoms with Crippen molar-refractivity contribution in [2.75, 3.05) is 25.0 Å². The summed E-state index contributed by atoms with van der Waals surface area (Å²) < 4.78 is 0. The number of benzene rings is 1. The molecule has 0 spiro atoms. The lowest BCUT2D eigenvalue weighted by atomic mass is 9.95. The molecule has 0 radical (unpaired) electrons. The van der Waals surface area contributed by atoms with E-state index in [0.717, 1.165) is 56.4 Å². The van der Waals surface area contributed by atoms with Crippen molar-refractivity contribution in [1.82, 2.24) is 10.2 Å². The molecule has 0 unspecified atom stereocenters. The second-order valence-corrected chi connectivity index (χ2v) is 7.08. The topological polar surface area (TPSA) is 87.5 Å². The minimum atomic E-state index is -0.0459. The average molecular weight is 344 g/mol. The highest BCUT2D eigenvalue weighted by Gasteiger charge is 2.31. The Labute approximate surface area is 149 Å². The van der Waals surface area contributed by atoms with Crippen molar-refractivity contribution in [2.24, 2.45) is 17.6 Å². The van der Waals surface area contributed by atoms with E-state index in [1.807, 2.05) is 29.2 Å². The van der Waals surface area contributed by atoms with Crippen molar-refractivity contribution in [3.8, 4) is 0 Å². The summed E-state index contributed by atoms with van der Waals surface area (Å²) in [6, 6.07) is 7.61. The summed E-state index contributed by atoms with van der Waals surface area (Å²) in [5, 5.41) is 5.96. The van der Waals surface area contributed by atoms with Crippen LogP contribution in [0.15, 0.2) is 24.3 Å². The number of amides is 3. The fraction of sp³-hybridized carbons (Fsp3) is 0.579. The molecule has 25 heavy (non-hydrogen) atoms. The van der Waals surface area contributed by atoms with Crippen molar-refractivity contribution in [2.45, 2.75) is 38.6 Å². The van der Waals surface area contributed by atoms with Crippen LogP contribution in [0.5, 0.6) is 0 Å². The van der Waals surface area contributed by atoms with Gasteiger partial charge in [-0.1, -0.05) is 18.6 Å². The minimum absolute atomic E-state index is 0.0445. The summed E-state index contributed by atoms with van der Waals surface area (Å²) in [5.74, 6) is 0.452. The van der Waals surface area contributed by atoms with Crippen molar-refractivity contribution in [1.29, 1.82) is 0 Å². The zero-order valence-electron chi connectivity index (χ0n) is 14.7. The molecule has 1 aliphatic carbocycles. The van der Waals surface area contributed by atoms with E-state index >= 15 is 0 Å². The van der Waals surface area contributed by atoms with E-state index in [2.05, 4.69) is 10.6 Å². The first kappa shape index (κ1) is 17.7. The molecule has 1 aromatic carbocycles. The van der Waals surface area contributed by atoms with E-state index in [4.69, 9.17) is 5.73 Å². The van der Waals surface area contributed by atoms with Gasteiger partial charge in [0.2, 0.25) is 5.91 Å². The number of carbonyl (C=O) groups excluding carboxylic acids is 2. The standard InChI is InChI=1S/C19H28N4O2/c20-12-15-6-4-8-17(15)18(24)21-13-14-5-3-7-16(11-14)22-19(25)23-9-1-2-10-23/h3,5,7,11,15,17H,1-2,4,6,8-10,12-13,20H2,(H,21,24)(H,22,25)/t15-,17-/m1/s1. The van der Waals surface area contributed by atoms with Crippen LogP contribution < -0.4 is 16.4 Å². The molecule has 136 valence electrons. The predicted octanol–water partition coefficient (Wildman–Crippen LogP) is 2.31. The quantitative estimate of drug-likeness (QED) is 0.766. The fourth-order valence-electron chi connectivity index (χ4n) is 3.87. The molecule has 4 N–H and O–H groups in total. The molecule has 6 nitrogen and oxygen atoms in total. The molecule has 1 saturated carbocycles. The summed E-state index contributed by atoms with van der Waals surface area (Å²) >= 11 is 0. The first-order chi connectivity index (χ1) is 12.2. The Balaban J connectivity index is 1.52. The Morgan fingerprint density at radius 3 is 2.72 bits per heavy atom. The van der Waals surface area contributed by atoms with Gasteiger partial charge in [0.25, 0.3) is 0 Å². The highest BCUT2D eigenvalue weighted by atomic mass is 16.2. The SMILES string of the molecule is NC[C@H]1CCC[C@H]1C(=O)NCc1cccc(NC(=O)N2CCCC2)c1. The monoisotopic (exact) mass is 344 g/mol. The molecule has 0 aromatic heterocycles. The summed E-state index contributed by atoms with van der Waals surface area (Å²) in [7, 11) is 0. The highest BCUT2D eigenvalue weighted by molar-refractivity contribution is 5.89. The molecule has 1 aromatic rings. The number of nitrogens with one attached hydrogen (secondary N) is 2. The van der Waals surface area contributed by atoms with Crippen molar-refractivity contribution in [3.05, 3.63) is 29.8 Å². The number of likely N-dealkylation sites (tertiary alicyclic amines) is 1. The van der Waals surface area contributed by atoms with Crippen LogP contribution in [0.4, 0.5) is 10.5 Å². The second kappa shape index (κ2) is 8.34. The molecule has 6 heteroatoms. The third-order valence-electron chi connectivity index (χ3n) is 5.34. The summed E-state index contributed by atoms with van der Waals surface area (Å²) in [5.41, 5.74) is 7.51. The molecule has 1 saturated heterocycles. The van der Waals surface area contributed by atoms with E-state index in [9.17, 15) is 9.59 Å². The maximum absolute atomic E-state index is 12.4. The number of rotatable bonds is 5. The maximum Gasteiger partial charge on any atom is 0.321 e. The highest BCUT2D eigenvalue weighted by Crippen LogP contribution is 2.31. The Kier molecular flexibility index (Phi) is 5.91. The molecule has 2 aliphatic rings. The summed E-state index contributed by atoms with van der Waals surface area (Å²) in [6.07, 6.45) is 5.21. The second-order valence-electron chi connectivity index (χ2n) is 7.08. The molecule has 2 atom stereocenters. The molecule has 1 heterocycles. The number of carbonyl (C=O) groups is 2. The Bertz CT molecular complexity index is 613. The van der Waals surface area contributed by atoms with Crippen LogP contribution in [-0.2, 0) is 11.3 Å². The van der Waals surface area contributed by atoms with Gasteiger partial charge in [0.15, 0.2) is 0 Å². The van der Waals surface area contributed by atoms with Gasteiger partial charge in [0, 0.05) is 31.2 Å². The molecular weight excluding hydrogens is 316 g/mol. The van der Waals surface area contributed by atoms with Gasteiger partial charge in [-0.2, -0.15) is 0 Å². The maximum atomic E-state index is 12.4. The smallest absolute Gasteiger partial charge is 0.321 e. The van der Waals surface area contributed by atoms with Gasteiger partial charge in [-0.3, -0.25) is 4.79 Å². The van der Waals surface area contributed by atoms with Crippen LogP contribution >= 0.6 is 0 Å². The predicted molar refractivity (Wildman–Crippen MR) is 98.0 cm³/mol. The van der Waals surface area contributed by atoms with Crippen LogP contribution in [0.2, 0.25) is 0 Å². The van der Waals surface area contributed by atoms with Crippen molar-refractivity contribution >= 4 is 17.6 Å². The molecule has 3 amide bonds. The van der Waals surface area contributed by atoms with Crippen molar-refractivity contribution < 1.29 is 9.59 Å². The zero-order valence-corrected chi connectivity index (χ0v) is 14.7. The normalized spacial score (nSPS) is 22.8. The van der Waals surface area contributed by atoms with Crippen LogP contribution in [0, 0.1) is 11.8 Å². The Morgan fingerprint density at radius 2 is 1.96 bits per heavy atom. The molecule has 1 aliphatic heterocycles. The Hall–Kier alpha value is -2.08. The van der Waals surface area contributed by atoms with Gasteiger partial charge in [-0.15, -0.1) is 0 Å². The number of hydrogen-bond acceptors (Lipinski definition) is 3. The first-order valence-corrected chi connectivity index (χ1v) is 9.30. The van der Waals surface area contributed by atoms with Gasteiger partial charge in [0.05, 0.1) is 0 Å². The number of hydrogen-bond donors (Lipinski definition) is 3. The lowest BCUT2D eigenvalue weighted by Crippen LogP contribution is -2.34. The minimum Gasteiger partial charge on any atom is -0.352 e. The van der Waals surface area contributed by atoms with Crippen LogP contribution in [0.1, 0.15) is 37.7 Å².